The lowest BCUT2D eigenvalue weighted by Crippen LogP contribution is -2.17. The molecule has 0 amide bonds. The molecule has 0 fully saturated rings. The third-order valence-corrected chi connectivity index (χ3v) is 2.43. The van der Waals surface area contributed by atoms with Crippen LogP contribution in [-0.4, -0.2) is 11.1 Å². The molecule has 0 spiro atoms. The summed E-state index contributed by atoms with van der Waals surface area (Å²) in [5.74, 6) is -0.406. The van der Waals surface area contributed by atoms with Crippen molar-refractivity contribution < 1.29 is 14.6 Å². The van der Waals surface area contributed by atoms with Crippen molar-refractivity contribution in [3.63, 3.8) is 0 Å². The van der Waals surface area contributed by atoms with E-state index in [4.69, 9.17) is 4.74 Å². The fourth-order valence-electron chi connectivity index (χ4n) is 1.66. The van der Waals surface area contributed by atoms with Gasteiger partial charge in [0.25, 0.3) is 0 Å². The number of hydrogen-bond acceptors (Lipinski definition) is 3. The van der Waals surface area contributed by atoms with Crippen molar-refractivity contribution in [3.8, 4) is 0 Å². The Kier molecular flexibility index (Phi) is 2.56. The maximum Gasteiger partial charge on any atom is 0.320 e. The van der Waals surface area contributed by atoms with Gasteiger partial charge in [-0.1, -0.05) is 30.3 Å². The van der Waals surface area contributed by atoms with Gasteiger partial charge in [0.1, 0.15) is 11.7 Å². The van der Waals surface area contributed by atoms with Gasteiger partial charge in [-0.05, 0) is 18.6 Å². The minimum atomic E-state index is -0.823. The number of cyclic esters (lactones) is 1. The Balaban J connectivity index is 2.22. The molecule has 0 saturated heterocycles. The lowest BCUT2D eigenvalue weighted by Gasteiger charge is -2.13. The lowest BCUT2D eigenvalue weighted by atomic mass is 9.96. The molecule has 0 aliphatic carbocycles. The topological polar surface area (TPSA) is 46.5 Å². The van der Waals surface area contributed by atoms with Gasteiger partial charge in [0.2, 0.25) is 0 Å². The number of carbonyl (C=O) groups is 1. The van der Waals surface area contributed by atoms with Crippen molar-refractivity contribution in [3.05, 3.63) is 47.7 Å². The molecule has 0 aromatic heterocycles. The second kappa shape index (κ2) is 3.87. The third-order valence-electron chi connectivity index (χ3n) is 2.43. The van der Waals surface area contributed by atoms with Crippen LogP contribution in [0.2, 0.25) is 0 Å². The van der Waals surface area contributed by atoms with E-state index >= 15 is 0 Å². The van der Waals surface area contributed by atoms with Gasteiger partial charge in [0.15, 0.2) is 0 Å². The Morgan fingerprint density at radius 1 is 1.33 bits per heavy atom. The molecule has 2 atom stereocenters. The fourth-order valence-corrected chi connectivity index (χ4v) is 1.66. The molecule has 0 saturated carbocycles. The van der Waals surface area contributed by atoms with Gasteiger partial charge < -0.3 is 9.84 Å². The molecule has 3 nitrogen and oxygen atoms in total. The molecule has 2 rings (SSSR count). The maximum absolute atomic E-state index is 11.4. The Labute approximate surface area is 88.0 Å². The number of carbonyl (C=O) groups excluding carboxylic acids is 1. The summed E-state index contributed by atoms with van der Waals surface area (Å²) in [5.41, 5.74) is 0.727. The number of rotatable bonds is 2. The van der Waals surface area contributed by atoms with Gasteiger partial charge >= 0.3 is 5.97 Å². The van der Waals surface area contributed by atoms with Crippen LogP contribution in [0.5, 0.6) is 0 Å². The molecule has 0 bridgehead atoms. The SMILES string of the molecule is CC1=CC(C(O)c2ccccc2)C(=O)O1. The van der Waals surface area contributed by atoms with Gasteiger partial charge in [-0.2, -0.15) is 0 Å². The minimum absolute atomic E-state index is 0.385. The molecule has 1 heterocycles. The van der Waals surface area contributed by atoms with Crippen LogP contribution in [0.4, 0.5) is 0 Å². The minimum Gasteiger partial charge on any atom is -0.431 e. The van der Waals surface area contributed by atoms with Crippen LogP contribution in [0, 0.1) is 5.92 Å². The number of aliphatic hydroxyl groups excluding tert-OH is 1. The molecule has 1 aromatic carbocycles. The van der Waals surface area contributed by atoms with Crippen LogP contribution < -0.4 is 0 Å². The summed E-state index contributed by atoms with van der Waals surface area (Å²) in [4.78, 5) is 11.4. The van der Waals surface area contributed by atoms with Crippen molar-refractivity contribution in [1.29, 1.82) is 0 Å². The highest BCUT2D eigenvalue weighted by molar-refractivity contribution is 5.79. The zero-order valence-corrected chi connectivity index (χ0v) is 8.38. The van der Waals surface area contributed by atoms with Crippen LogP contribution in [0.15, 0.2) is 42.2 Å². The first-order valence-corrected chi connectivity index (χ1v) is 4.81. The highest BCUT2D eigenvalue weighted by Crippen LogP contribution is 2.29. The van der Waals surface area contributed by atoms with Gasteiger partial charge in [0, 0.05) is 0 Å². The number of aliphatic hydroxyl groups is 1. The van der Waals surface area contributed by atoms with Crippen molar-refractivity contribution in [2.24, 2.45) is 5.92 Å². The largest absolute Gasteiger partial charge is 0.431 e. The van der Waals surface area contributed by atoms with Crippen LogP contribution in [0.3, 0.4) is 0 Å². The van der Waals surface area contributed by atoms with E-state index in [1.165, 1.54) is 0 Å². The Morgan fingerprint density at radius 2 is 2.00 bits per heavy atom. The van der Waals surface area contributed by atoms with Crippen molar-refractivity contribution >= 4 is 5.97 Å². The first-order chi connectivity index (χ1) is 7.18. The molecular weight excluding hydrogens is 192 g/mol. The molecule has 0 radical (unpaired) electrons. The highest BCUT2D eigenvalue weighted by atomic mass is 16.5. The predicted octanol–water partition coefficient (Wildman–Crippen LogP) is 1.80. The van der Waals surface area contributed by atoms with Crippen molar-refractivity contribution in [2.45, 2.75) is 13.0 Å². The monoisotopic (exact) mass is 204 g/mol. The molecule has 1 aromatic rings. The van der Waals surface area contributed by atoms with E-state index < -0.39 is 12.0 Å². The molecule has 15 heavy (non-hydrogen) atoms. The van der Waals surface area contributed by atoms with Gasteiger partial charge in [-0.25, -0.2) is 0 Å². The van der Waals surface area contributed by atoms with E-state index in [1.54, 1.807) is 25.1 Å². The van der Waals surface area contributed by atoms with Crippen molar-refractivity contribution in [2.75, 3.05) is 0 Å². The number of esters is 1. The summed E-state index contributed by atoms with van der Waals surface area (Å²) < 4.78 is 4.88. The summed E-state index contributed by atoms with van der Waals surface area (Å²) in [6.45, 7) is 1.70. The second-order valence-electron chi connectivity index (χ2n) is 3.58. The van der Waals surface area contributed by atoms with Crippen LogP contribution in [-0.2, 0) is 9.53 Å². The van der Waals surface area contributed by atoms with Crippen LogP contribution in [0.25, 0.3) is 0 Å². The number of ether oxygens (including phenoxy) is 1. The lowest BCUT2D eigenvalue weighted by molar-refractivity contribution is -0.142. The number of hydrogen-bond donors (Lipinski definition) is 1. The van der Waals surface area contributed by atoms with Gasteiger partial charge in [0.05, 0.1) is 6.10 Å². The quantitative estimate of drug-likeness (QED) is 0.747. The van der Waals surface area contributed by atoms with E-state index in [0.717, 1.165) is 5.56 Å². The standard InChI is InChI=1S/C12H12O3/c1-8-7-10(12(14)15-8)11(13)9-5-3-2-4-6-9/h2-7,10-11,13H,1H3. The Hall–Kier alpha value is -1.61. The fraction of sp³-hybridized carbons (Fsp3) is 0.250. The summed E-state index contributed by atoms with van der Waals surface area (Å²) in [7, 11) is 0. The maximum atomic E-state index is 11.4. The molecule has 3 heteroatoms. The smallest absolute Gasteiger partial charge is 0.320 e. The molecule has 1 aliphatic heterocycles. The first-order valence-electron chi connectivity index (χ1n) is 4.81. The first kappa shape index (κ1) is 9.93. The molecule has 2 unspecified atom stereocenters. The normalized spacial score (nSPS) is 22.1. The van der Waals surface area contributed by atoms with E-state index in [0.29, 0.717) is 5.76 Å². The zero-order chi connectivity index (χ0) is 10.8. The Morgan fingerprint density at radius 3 is 2.53 bits per heavy atom. The summed E-state index contributed by atoms with van der Waals surface area (Å²) in [5, 5.41) is 9.96. The number of benzene rings is 1. The summed E-state index contributed by atoms with van der Waals surface area (Å²) >= 11 is 0. The zero-order valence-electron chi connectivity index (χ0n) is 8.38. The highest BCUT2D eigenvalue weighted by Gasteiger charge is 2.32. The molecule has 1 aliphatic rings. The van der Waals surface area contributed by atoms with E-state index in [9.17, 15) is 9.90 Å². The summed E-state index contributed by atoms with van der Waals surface area (Å²) in [6, 6.07) is 9.11. The molecular formula is C12H12O3. The van der Waals surface area contributed by atoms with Crippen LogP contribution >= 0.6 is 0 Å². The Bertz CT molecular complexity index is 395. The predicted molar refractivity (Wildman–Crippen MR) is 54.7 cm³/mol. The average Bonchev–Trinajstić information content (AvgIpc) is 2.58. The second-order valence-corrected chi connectivity index (χ2v) is 3.58. The van der Waals surface area contributed by atoms with Crippen LogP contribution in [0.1, 0.15) is 18.6 Å². The van der Waals surface area contributed by atoms with Gasteiger partial charge in [-0.15, -0.1) is 0 Å². The van der Waals surface area contributed by atoms with E-state index in [1.807, 2.05) is 18.2 Å². The average molecular weight is 204 g/mol. The van der Waals surface area contributed by atoms with Gasteiger partial charge in [-0.3, -0.25) is 4.79 Å². The molecule has 1 N–H and O–H groups in total. The summed E-state index contributed by atoms with van der Waals surface area (Å²) in [6.07, 6.45) is 0.830. The third kappa shape index (κ3) is 1.92. The van der Waals surface area contributed by atoms with E-state index in [2.05, 4.69) is 0 Å². The van der Waals surface area contributed by atoms with Crippen molar-refractivity contribution in [1.82, 2.24) is 0 Å². The molecule has 78 valence electrons. The van der Waals surface area contributed by atoms with E-state index in [-0.39, 0.29) is 5.97 Å². The number of allylic oxidation sites excluding steroid dienone is 1.